The molecule has 1 amide bonds. The number of carbonyl (C=O) groups is 1. The topological polar surface area (TPSA) is 135 Å². The molecule has 0 unspecified atom stereocenters. The third kappa shape index (κ3) is 4.08. The minimum atomic E-state index is -1.73. The maximum atomic E-state index is 14.0. The first-order valence-electron chi connectivity index (χ1n) is 10.2. The number of aromatic nitrogens is 4. The fourth-order valence-electron chi connectivity index (χ4n) is 3.45. The van der Waals surface area contributed by atoms with Crippen LogP contribution < -0.4 is 10.1 Å². The van der Waals surface area contributed by atoms with Crippen LogP contribution in [-0.2, 0) is 12.1 Å². The van der Waals surface area contributed by atoms with Gasteiger partial charge < -0.3 is 24.7 Å². The number of nitrogens with zero attached hydrogens (tertiary/aromatic N) is 4. The number of pyridine rings is 1. The Hall–Kier alpha value is -3.90. The summed E-state index contributed by atoms with van der Waals surface area (Å²) < 4.78 is 40.3. The number of aryl methyl sites for hydroxylation is 2. The van der Waals surface area contributed by atoms with E-state index in [1.54, 1.807) is 25.3 Å². The van der Waals surface area contributed by atoms with Gasteiger partial charge in [0.15, 0.2) is 16.9 Å². The number of imidazole rings is 1. The van der Waals surface area contributed by atoms with Gasteiger partial charge in [-0.3, -0.25) is 9.20 Å². The predicted molar refractivity (Wildman–Crippen MR) is 113 cm³/mol. The lowest BCUT2D eigenvalue weighted by Crippen LogP contribution is -2.52. The number of nitrogens with one attached hydrogen (secondary N) is 1. The van der Waals surface area contributed by atoms with Gasteiger partial charge in [0.2, 0.25) is 11.8 Å². The maximum absolute atomic E-state index is 14.0. The lowest BCUT2D eigenvalue weighted by Gasteiger charge is -2.27. The van der Waals surface area contributed by atoms with Crippen molar-refractivity contribution in [1.29, 1.82) is 0 Å². The molecule has 3 heterocycles. The molecular weight excluding hydrogens is 452 g/mol. The van der Waals surface area contributed by atoms with E-state index in [0.29, 0.717) is 5.69 Å². The molecule has 0 aliphatic rings. The van der Waals surface area contributed by atoms with Crippen LogP contribution in [0.15, 0.2) is 40.9 Å². The Bertz CT molecular complexity index is 1330. The molecule has 12 heteroatoms. The van der Waals surface area contributed by atoms with Crippen LogP contribution in [0, 0.1) is 25.5 Å². The molecular formula is C22H21F2N5O5. The minimum Gasteiger partial charge on any atom is -0.485 e. The Kier molecular flexibility index (Phi) is 6.26. The normalized spacial score (nSPS) is 11.7. The van der Waals surface area contributed by atoms with Crippen molar-refractivity contribution in [1.82, 2.24) is 24.9 Å². The molecule has 10 nitrogen and oxygen atoms in total. The van der Waals surface area contributed by atoms with Gasteiger partial charge in [-0.1, -0.05) is 6.07 Å². The smallest absolute Gasteiger partial charge is 0.271 e. The van der Waals surface area contributed by atoms with Gasteiger partial charge in [-0.25, -0.2) is 13.8 Å². The number of benzene rings is 1. The Balaban J connectivity index is 1.66. The number of hydrogen-bond donors (Lipinski definition) is 3. The maximum Gasteiger partial charge on any atom is 0.271 e. The van der Waals surface area contributed by atoms with E-state index in [4.69, 9.17) is 9.15 Å². The molecule has 0 fully saturated rings. The lowest BCUT2D eigenvalue weighted by molar-refractivity contribution is 0.0537. The molecule has 178 valence electrons. The third-order valence-corrected chi connectivity index (χ3v) is 5.27. The number of ether oxygens (including phenoxy) is 1. The highest BCUT2D eigenvalue weighted by molar-refractivity contribution is 5.95. The van der Waals surface area contributed by atoms with Crippen molar-refractivity contribution in [2.24, 2.45) is 0 Å². The van der Waals surface area contributed by atoms with Crippen LogP contribution in [0.4, 0.5) is 8.78 Å². The average molecular weight is 473 g/mol. The standard InChI is InChI=1S/C22H21F2N5O5/c1-12-18(20(32)26-22(10-30,11-31)21-28-27-13(2)34-21)29-8-4-7-17(19(29)25-12)33-9-14-15(23)5-3-6-16(14)24/h3-8,30-31H,9-11H2,1-2H3,(H,26,32). The number of halogens is 2. The van der Waals surface area contributed by atoms with Gasteiger partial charge in [-0.2, -0.15) is 0 Å². The number of aliphatic hydroxyl groups excluding tert-OH is 2. The van der Waals surface area contributed by atoms with Crippen LogP contribution in [0.5, 0.6) is 5.75 Å². The molecule has 0 spiro atoms. The first kappa shape index (κ1) is 23.3. The fourth-order valence-corrected chi connectivity index (χ4v) is 3.45. The number of rotatable bonds is 8. The Morgan fingerprint density at radius 1 is 1.15 bits per heavy atom. The fraction of sp³-hybridized carbons (Fsp3) is 0.273. The van der Waals surface area contributed by atoms with Crippen molar-refractivity contribution in [2.75, 3.05) is 13.2 Å². The second-order valence-electron chi connectivity index (χ2n) is 7.58. The van der Waals surface area contributed by atoms with E-state index >= 15 is 0 Å². The average Bonchev–Trinajstić information content (AvgIpc) is 3.40. The van der Waals surface area contributed by atoms with Gasteiger partial charge in [0, 0.05) is 13.1 Å². The summed E-state index contributed by atoms with van der Waals surface area (Å²) in [7, 11) is 0. The SMILES string of the molecule is Cc1nnc(C(CO)(CO)NC(=O)c2c(C)nc3c(OCc4c(F)cccc4F)cccn23)o1. The van der Waals surface area contributed by atoms with Crippen molar-refractivity contribution in [3.05, 3.63) is 76.9 Å². The highest BCUT2D eigenvalue weighted by atomic mass is 19.1. The van der Waals surface area contributed by atoms with Crippen LogP contribution in [0.25, 0.3) is 5.65 Å². The van der Waals surface area contributed by atoms with E-state index in [2.05, 4.69) is 20.5 Å². The first-order chi connectivity index (χ1) is 16.3. The molecule has 4 aromatic rings. The summed E-state index contributed by atoms with van der Waals surface area (Å²) in [6.07, 6.45) is 1.55. The molecule has 0 saturated heterocycles. The van der Waals surface area contributed by atoms with Gasteiger partial charge in [0.1, 0.15) is 23.9 Å². The number of hydrogen-bond acceptors (Lipinski definition) is 8. The molecule has 0 saturated carbocycles. The second kappa shape index (κ2) is 9.15. The number of aliphatic hydroxyl groups is 2. The molecule has 0 bridgehead atoms. The van der Waals surface area contributed by atoms with E-state index in [-0.39, 0.29) is 41.0 Å². The summed E-state index contributed by atoms with van der Waals surface area (Å²) in [6.45, 7) is 1.30. The molecule has 1 aromatic carbocycles. The summed E-state index contributed by atoms with van der Waals surface area (Å²) in [5, 5.41) is 29.9. The van der Waals surface area contributed by atoms with Gasteiger partial charge in [0.05, 0.1) is 24.5 Å². The number of fused-ring (bicyclic) bond motifs is 1. The molecule has 0 radical (unpaired) electrons. The molecule has 0 aliphatic carbocycles. The summed E-state index contributed by atoms with van der Waals surface area (Å²) >= 11 is 0. The Labute approximate surface area is 191 Å². The highest BCUT2D eigenvalue weighted by Crippen LogP contribution is 2.26. The lowest BCUT2D eigenvalue weighted by atomic mass is 10.0. The van der Waals surface area contributed by atoms with Crippen molar-refractivity contribution >= 4 is 11.6 Å². The summed E-state index contributed by atoms with van der Waals surface area (Å²) in [4.78, 5) is 17.6. The van der Waals surface area contributed by atoms with Crippen molar-refractivity contribution in [3.8, 4) is 5.75 Å². The molecule has 3 N–H and O–H groups in total. The molecule has 3 aromatic heterocycles. The highest BCUT2D eigenvalue weighted by Gasteiger charge is 2.39. The van der Waals surface area contributed by atoms with Crippen molar-refractivity contribution in [3.63, 3.8) is 0 Å². The van der Waals surface area contributed by atoms with Crippen LogP contribution in [0.2, 0.25) is 0 Å². The van der Waals surface area contributed by atoms with E-state index in [1.807, 2.05) is 0 Å². The monoisotopic (exact) mass is 473 g/mol. The van der Waals surface area contributed by atoms with E-state index in [0.717, 1.165) is 12.1 Å². The zero-order chi connectivity index (χ0) is 24.5. The molecule has 4 rings (SSSR count). The minimum absolute atomic E-state index is 0.0834. The first-order valence-corrected chi connectivity index (χ1v) is 10.2. The zero-order valence-electron chi connectivity index (χ0n) is 18.2. The van der Waals surface area contributed by atoms with Gasteiger partial charge in [0.25, 0.3) is 5.91 Å². The zero-order valence-corrected chi connectivity index (χ0v) is 18.2. The van der Waals surface area contributed by atoms with Crippen molar-refractivity contribution < 1.29 is 32.9 Å². The summed E-state index contributed by atoms with van der Waals surface area (Å²) in [6, 6.07) is 6.64. The Morgan fingerprint density at radius 2 is 1.85 bits per heavy atom. The second-order valence-corrected chi connectivity index (χ2v) is 7.58. The van der Waals surface area contributed by atoms with E-state index in [1.165, 1.54) is 17.4 Å². The molecule has 34 heavy (non-hydrogen) atoms. The largest absolute Gasteiger partial charge is 0.485 e. The van der Waals surface area contributed by atoms with Crippen LogP contribution in [0.3, 0.4) is 0 Å². The molecule has 0 aliphatic heterocycles. The van der Waals surface area contributed by atoms with E-state index in [9.17, 15) is 23.8 Å². The van der Waals surface area contributed by atoms with Gasteiger partial charge in [-0.05, 0) is 31.2 Å². The van der Waals surface area contributed by atoms with Crippen LogP contribution in [0.1, 0.15) is 33.5 Å². The van der Waals surface area contributed by atoms with Gasteiger partial charge in [-0.15, -0.1) is 10.2 Å². The van der Waals surface area contributed by atoms with Crippen LogP contribution >= 0.6 is 0 Å². The van der Waals surface area contributed by atoms with Gasteiger partial charge >= 0.3 is 0 Å². The predicted octanol–water partition coefficient (Wildman–Crippen LogP) is 1.80. The Morgan fingerprint density at radius 3 is 2.47 bits per heavy atom. The van der Waals surface area contributed by atoms with Crippen LogP contribution in [-0.4, -0.2) is 48.9 Å². The quantitative estimate of drug-likeness (QED) is 0.353. The summed E-state index contributed by atoms with van der Waals surface area (Å²) in [5.74, 6) is -1.96. The van der Waals surface area contributed by atoms with Crippen molar-refractivity contribution in [2.45, 2.75) is 26.0 Å². The number of carbonyl (C=O) groups excluding carboxylic acids is 1. The number of amides is 1. The van der Waals surface area contributed by atoms with E-state index < -0.39 is 36.3 Å². The molecule has 0 atom stereocenters. The summed E-state index contributed by atoms with van der Waals surface area (Å²) in [5.41, 5.74) is -1.35. The third-order valence-electron chi connectivity index (χ3n) is 5.27.